The van der Waals surface area contributed by atoms with Gasteiger partial charge in [0.1, 0.15) is 11.3 Å². The molecule has 1 N–H and O–H groups in total. The van der Waals surface area contributed by atoms with Gasteiger partial charge < -0.3 is 9.30 Å². The first-order valence-corrected chi connectivity index (χ1v) is 9.33. The number of imide groups is 2. The molecule has 1 saturated heterocycles. The Bertz CT molecular complexity index is 1160. The third-order valence-electron chi connectivity index (χ3n) is 4.58. The van der Waals surface area contributed by atoms with Crippen LogP contribution in [0.25, 0.3) is 11.8 Å². The summed E-state index contributed by atoms with van der Waals surface area (Å²) in [5, 5.41) is 2.67. The molecule has 1 aliphatic heterocycles. The summed E-state index contributed by atoms with van der Waals surface area (Å²) in [6.07, 6.45) is 5.03. The van der Waals surface area contributed by atoms with Gasteiger partial charge >= 0.3 is 6.03 Å². The van der Waals surface area contributed by atoms with Crippen LogP contribution in [0.1, 0.15) is 5.56 Å². The number of methoxy groups -OCH3 is 1. The van der Waals surface area contributed by atoms with Crippen LogP contribution in [-0.2, 0) is 9.59 Å². The summed E-state index contributed by atoms with van der Waals surface area (Å²) in [6, 6.07) is 14.6. The number of halogens is 1. The number of barbiturate groups is 1. The van der Waals surface area contributed by atoms with Crippen LogP contribution in [0.4, 0.5) is 10.5 Å². The van der Waals surface area contributed by atoms with E-state index in [4.69, 9.17) is 16.3 Å². The summed E-state index contributed by atoms with van der Waals surface area (Å²) < 4.78 is 7.00. The lowest BCUT2D eigenvalue weighted by atomic mass is 10.1. The number of carbonyl (C=O) groups excluding carboxylic acids is 3. The zero-order chi connectivity index (χ0) is 21.3. The maximum absolute atomic E-state index is 12.9. The first kappa shape index (κ1) is 19.5. The van der Waals surface area contributed by atoms with E-state index in [1.807, 2.05) is 35.0 Å². The Labute approximate surface area is 177 Å². The van der Waals surface area contributed by atoms with Gasteiger partial charge in [-0.2, -0.15) is 0 Å². The number of aromatic nitrogens is 1. The molecule has 0 saturated carbocycles. The molecule has 150 valence electrons. The molecule has 0 spiro atoms. The molecule has 1 aromatic heterocycles. The van der Waals surface area contributed by atoms with Crippen molar-refractivity contribution >= 4 is 41.2 Å². The molecule has 1 fully saturated rings. The van der Waals surface area contributed by atoms with E-state index in [0.717, 1.165) is 16.3 Å². The number of nitrogens with one attached hydrogen (secondary N) is 1. The number of nitrogens with zero attached hydrogens (tertiary/aromatic N) is 2. The molecule has 4 rings (SSSR count). The number of rotatable bonds is 4. The minimum absolute atomic E-state index is 0.142. The van der Waals surface area contributed by atoms with Gasteiger partial charge in [-0.25, -0.2) is 9.69 Å². The summed E-state index contributed by atoms with van der Waals surface area (Å²) in [5.41, 5.74) is 1.70. The van der Waals surface area contributed by atoms with Gasteiger partial charge in [0.15, 0.2) is 0 Å². The summed E-state index contributed by atoms with van der Waals surface area (Å²) in [5.74, 6) is -0.708. The van der Waals surface area contributed by atoms with E-state index in [2.05, 4.69) is 5.32 Å². The molecule has 0 atom stereocenters. The third-order valence-corrected chi connectivity index (χ3v) is 4.84. The highest BCUT2D eigenvalue weighted by Gasteiger charge is 2.36. The van der Waals surface area contributed by atoms with E-state index < -0.39 is 17.8 Å². The molecule has 7 nitrogen and oxygen atoms in total. The zero-order valence-electron chi connectivity index (χ0n) is 15.8. The van der Waals surface area contributed by atoms with Crippen LogP contribution in [-0.4, -0.2) is 29.5 Å². The highest BCUT2D eigenvalue weighted by atomic mass is 35.5. The van der Waals surface area contributed by atoms with Crippen LogP contribution < -0.4 is 15.0 Å². The Balaban J connectivity index is 1.64. The van der Waals surface area contributed by atoms with Gasteiger partial charge in [-0.1, -0.05) is 11.6 Å². The largest absolute Gasteiger partial charge is 0.497 e. The highest BCUT2D eigenvalue weighted by molar-refractivity contribution is 6.39. The second-order valence-electron chi connectivity index (χ2n) is 6.48. The molecular formula is C22H16ClN3O4. The van der Waals surface area contributed by atoms with Gasteiger partial charge in [-0.3, -0.25) is 14.9 Å². The quantitative estimate of drug-likeness (QED) is 0.513. The van der Waals surface area contributed by atoms with Crippen molar-refractivity contribution in [3.8, 4) is 11.4 Å². The fourth-order valence-electron chi connectivity index (χ4n) is 3.06. The molecule has 2 heterocycles. The predicted molar refractivity (Wildman–Crippen MR) is 113 cm³/mol. The van der Waals surface area contributed by atoms with Gasteiger partial charge in [-0.15, -0.1) is 0 Å². The van der Waals surface area contributed by atoms with Crippen LogP contribution in [0.15, 0.2) is 72.6 Å². The van der Waals surface area contributed by atoms with Crippen molar-refractivity contribution in [1.29, 1.82) is 0 Å². The number of anilines is 1. The fourth-order valence-corrected chi connectivity index (χ4v) is 3.19. The molecule has 2 aromatic carbocycles. The van der Waals surface area contributed by atoms with Crippen molar-refractivity contribution in [3.05, 3.63) is 83.2 Å². The lowest BCUT2D eigenvalue weighted by Gasteiger charge is -2.26. The third kappa shape index (κ3) is 3.70. The summed E-state index contributed by atoms with van der Waals surface area (Å²) in [7, 11) is 1.60. The lowest BCUT2D eigenvalue weighted by Crippen LogP contribution is -2.54. The van der Waals surface area contributed by atoms with Gasteiger partial charge in [0.25, 0.3) is 11.8 Å². The molecule has 0 unspecified atom stereocenters. The number of urea groups is 1. The van der Waals surface area contributed by atoms with Crippen molar-refractivity contribution in [3.63, 3.8) is 0 Å². The van der Waals surface area contributed by atoms with Crippen LogP contribution in [0.5, 0.6) is 5.75 Å². The van der Waals surface area contributed by atoms with Gasteiger partial charge in [-0.05, 0) is 66.2 Å². The first-order chi connectivity index (χ1) is 14.5. The molecule has 0 radical (unpaired) electrons. The standard InChI is InChI=1S/C22H16ClN3O4/c1-30-18-8-6-16(7-9-18)25-11-10-14(13-25)12-19-20(27)24-22(29)26(21(19)28)17-4-2-15(23)3-5-17/h2-13H,1H3,(H,24,27,29)/b19-12-. The Kier molecular flexibility index (Phi) is 5.12. The molecule has 1 aliphatic rings. The predicted octanol–water partition coefficient (Wildman–Crippen LogP) is 3.81. The highest BCUT2D eigenvalue weighted by Crippen LogP contribution is 2.24. The van der Waals surface area contributed by atoms with Crippen molar-refractivity contribution in [2.45, 2.75) is 0 Å². The van der Waals surface area contributed by atoms with Crippen molar-refractivity contribution in [2.24, 2.45) is 0 Å². The van der Waals surface area contributed by atoms with Crippen molar-refractivity contribution in [2.75, 3.05) is 12.0 Å². The molecule has 0 bridgehead atoms. The van der Waals surface area contributed by atoms with E-state index in [-0.39, 0.29) is 5.57 Å². The van der Waals surface area contributed by atoms with Crippen LogP contribution >= 0.6 is 11.6 Å². The van der Waals surface area contributed by atoms with E-state index in [0.29, 0.717) is 16.3 Å². The van der Waals surface area contributed by atoms with Crippen molar-refractivity contribution < 1.29 is 19.1 Å². The minimum Gasteiger partial charge on any atom is -0.497 e. The smallest absolute Gasteiger partial charge is 0.335 e. The number of ether oxygens (including phenoxy) is 1. The lowest BCUT2D eigenvalue weighted by molar-refractivity contribution is -0.122. The van der Waals surface area contributed by atoms with Crippen molar-refractivity contribution in [1.82, 2.24) is 9.88 Å². The number of hydrogen-bond donors (Lipinski definition) is 1. The first-order valence-electron chi connectivity index (χ1n) is 8.96. The Morgan fingerprint density at radius 1 is 0.933 bits per heavy atom. The second-order valence-corrected chi connectivity index (χ2v) is 6.92. The second kappa shape index (κ2) is 7.88. The molecule has 0 aliphatic carbocycles. The summed E-state index contributed by atoms with van der Waals surface area (Å²) in [6.45, 7) is 0. The van der Waals surface area contributed by atoms with E-state index in [9.17, 15) is 14.4 Å². The van der Waals surface area contributed by atoms with Gasteiger partial charge in [0, 0.05) is 23.1 Å². The van der Waals surface area contributed by atoms with Crippen LogP contribution in [0.3, 0.4) is 0 Å². The molecular weight excluding hydrogens is 406 g/mol. The van der Waals surface area contributed by atoms with Gasteiger partial charge in [0.2, 0.25) is 0 Å². The molecule has 4 amide bonds. The maximum atomic E-state index is 12.9. The fraction of sp³-hybridized carbons (Fsp3) is 0.0455. The maximum Gasteiger partial charge on any atom is 0.335 e. The van der Waals surface area contributed by atoms with E-state index in [1.165, 1.54) is 18.2 Å². The average molecular weight is 422 g/mol. The minimum atomic E-state index is -0.805. The van der Waals surface area contributed by atoms with Gasteiger partial charge in [0.05, 0.1) is 12.8 Å². The monoisotopic (exact) mass is 421 g/mol. The zero-order valence-corrected chi connectivity index (χ0v) is 16.6. The van der Waals surface area contributed by atoms with E-state index in [1.54, 1.807) is 31.5 Å². The Hall–Kier alpha value is -3.84. The Morgan fingerprint density at radius 2 is 1.60 bits per heavy atom. The van der Waals surface area contributed by atoms with Crippen LogP contribution in [0, 0.1) is 0 Å². The topological polar surface area (TPSA) is 80.6 Å². The average Bonchev–Trinajstić information content (AvgIpc) is 3.21. The molecule has 3 aromatic rings. The number of carbonyl (C=O) groups is 3. The Morgan fingerprint density at radius 3 is 2.27 bits per heavy atom. The number of amides is 4. The number of hydrogen-bond acceptors (Lipinski definition) is 4. The SMILES string of the molecule is COc1ccc(-n2ccc(/C=C3/C(=O)NC(=O)N(c4ccc(Cl)cc4)C3=O)c2)cc1. The summed E-state index contributed by atoms with van der Waals surface area (Å²) >= 11 is 5.87. The molecule has 8 heteroatoms. The summed E-state index contributed by atoms with van der Waals surface area (Å²) in [4.78, 5) is 38.4. The molecule has 30 heavy (non-hydrogen) atoms. The van der Waals surface area contributed by atoms with Crippen LogP contribution in [0.2, 0.25) is 5.02 Å². The van der Waals surface area contributed by atoms with E-state index >= 15 is 0 Å². The number of benzene rings is 2. The normalized spacial score (nSPS) is 15.5.